The fourth-order valence-electron chi connectivity index (χ4n) is 5.09. The Balaban J connectivity index is 1.53. The maximum atomic E-state index is 13.5. The molecule has 6 nitrogen and oxygen atoms in total. The maximum Gasteiger partial charge on any atom is 0.295 e. The molecule has 1 saturated heterocycles. The molecule has 1 amide bonds. The number of ether oxygens (including phenoxy) is 1. The first kappa shape index (κ1) is 27.8. The first-order valence-electron chi connectivity index (χ1n) is 13.7. The van der Waals surface area contributed by atoms with E-state index >= 15 is 0 Å². The van der Waals surface area contributed by atoms with E-state index in [9.17, 15) is 14.7 Å². The number of Topliss-reactive ketones (excluding diaryl/α,β-unsaturated/α-hetero) is 1. The molecule has 0 aliphatic carbocycles. The number of pyridine rings is 1. The minimum atomic E-state index is -0.751. The predicted molar refractivity (Wildman–Crippen MR) is 159 cm³/mol. The van der Waals surface area contributed by atoms with Gasteiger partial charge in [-0.15, -0.1) is 0 Å². The molecular formula is C35H34N2O4. The number of likely N-dealkylation sites (tertiary alicyclic amines) is 1. The molecule has 0 spiro atoms. The van der Waals surface area contributed by atoms with Gasteiger partial charge in [-0.3, -0.25) is 14.6 Å². The molecule has 208 valence electrons. The average molecular weight is 547 g/mol. The number of carbonyl (C=O) groups is 2. The van der Waals surface area contributed by atoms with Crippen LogP contribution in [0, 0.1) is 6.92 Å². The highest BCUT2D eigenvalue weighted by molar-refractivity contribution is 6.46. The van der Waals surface area contributed by atoms with Gasteiger partial charge in [0, 0.05) is 24.5 Å². The largest absolute Gasteiger partial charge is 0.507 e. The summed E-state index contributed by atoms with van der Waals surface area (Å²) in [6, 6.07) is 26.0. The first-order chi connectivity index (χ1) is 19.6. The SMILES string of the molecule is Cc1cc(C(O)=C2C(=O)C(=O)N(Cc3cccnc3)[C@H]2c2ccc(C(C)(C)C)cc2)ccc1OCc1ccccc1. The summed E-state index contributed by atoms with van der Waals surface area (Å²) in [6.07, 6.45) is 3.34. The molecule has 1 aromatic heterocycles. The number of amides is 1. The van der Waals surface area contributed by atoms with Crippen LogP contribution in [0.3, 0.4) is 0 Å². The van der Waals surface area contributed by atoms with Crippen molar-refractivity contribution in [2.75, 3.05) is 0 Å². The first-order valence-corrected chi connectivity index (χ1v) is 13.7. The molecule has 6 heteroatoms. The van der Waals surface area contributed by atoms with Crippen molar-refractivity contribution in [3.8, 4) is 5.75 Å². The molecule has 1 N–H and O–H groups in total. The summed E-state index contributed by atoms with van der Waals surface area (Å²) in [5.41, 5.74) is 4.99. The zero-order valence-electron chi connectivity index (χ0n) is 23.8. The van der Waals surface area contributed by atoms with Gasteiger partial charge in [0.05, 0.1) is 11.6 Å². The lowest BCUT2D eigenvalue weighted by Crippen LogP contribution is -2.29. The lowest BCUT2D eigenvalue weighted by atomic mass is 9.85. The number of carbonyl (C=O) groups excluding carboxylic acids is 2. The summed E-state index contributed by atoms with van der Waals surface area (Å²) >= 11 is 0. The molecule has 1 fully saturated rings. The van der Waals surface area contributed by atoms with Crippen LogP contribution in [-0.2, 0) is 28.2 Å². The van der Waals surface area contributed by atoms with Crippen LogP contribution in [0.1, 0.15) is 60.2 Å². The van der Waals surface area contributed by atoms with Crippen molar-refractivity contribution in [3.05, 3.63) is 136 Å². The van der Waals surface area contributed by atoms with Crippen LogP contribution in [0.4, 0.5) is 0 Å². The summed E-state index contributed by atoms with van der Waals surface area (Å²) in [7, 11) is 0. The Hall–Kier alpha value is -4.71. The quantitative estimate of drug-likeness (QED) is 0.155. The number of benzene rings is 3. The standard InChI is InChI=1S/C35H34N2O4/c1-23-19-27(14-17-29(23)41-22-24-9-6-5-7-10-24)32(38)30-31(26-12-15-28(16-13-26)35(2,3)4)37(34(40)33(30)39)21-25-11-8-18-36-20-25/h5-20,31,38H,21-22H2,1-4H3/t31-/m0/s1. The molecule has 5 rings (SSSR count). The molecular weight excluding hydrogens is 512 g/mol. The number of aromatic nitrogens is 1. The molecule has 4 aromatic rings. The minimum absolute atomic E-state index is 0.0576. The second-order valence-corrected chi connectivity index (χ2v) is 11.4. The van der Waals surface area contributed by atoms with Gasteiger partial charge in [0.2, 0.25) is 0 Å². The van der Waals surface area contributed by atoms with Crippen molar-refractivity contribution in [1.29, 1.82) is 0 Å². The molecule has 3 aromatic carbocycles. The van der Waals surface area contributed by atoms with E-state index in [0.29, 0.717) is 17.9 Å². The third kappa shape index (κ3) is 5.92. The molecule has 1 aliphatic rings. The Morgan fingerprint density at radius 3 is 2.27 bits per heavy atom. The van der Waals surface area contributed by atoms with Gasteiger partial charge in [-0.25, -0.2) is 0 Å². The summed E-state index contributed by atoms with van der Waals surface area (Å²) in [6.45, 7) is 8.88. The van der Waals surface area contributed by atoms with Crippen molar-refractivity contribution < 1.29 is 19.4 Å². The lowest BCUT2D eigenvalue weighted by Gasteiger charge is -2.26. The Morgan fingerprint density at radius 2 is 1.63 bits per heavy atom. The van der Waals surface area contributed by atoms with Crippen molar-refractivity contribution in [1.82, 2.24) is 9.88 Å². The van der Waals surface area contributed by atoms with Crippen LogP contribution in [-0.4, -0.2) is 26.7 Å². The Kier molecular flexibility index (Phi) is 7.75. The van der Waals surface area contributed by atoms with Crippen LogP contribution < -0.4 is 4.74 Å². The summed E-state index contributed by atoms with van der Waals surface area (Å²) in [5.74, 6) is -0.894. The number of hydrogen-bond acceptors (Lipinski definition) is 5. The second-order valence-electron chi connectivity index (χ2n) is 11.4. The highest BCUT2D eigenvalue weighted by Crippen LogP contribution is 2.41. The number of aryl methyl sites for hydroxylation is 1. The van der Waals surface area contributed by atoms with E-state index in [0.717, 1.165) is 27.8 Å². The molecule has 0 bridgehead atoms. The zero-order valence-corrected chi connectivity index (χ0v) is 23.8. The lowest BCUT2D eigenvalue weighted by molar-refractivity contribution is -0.140. The second kappa shape index (κ2) is 11.4. The van der Waals surface area contributed by atoms with E-state index in [4.69, 9.17) is 4.74 Å². The van der Waals surface area contributed by atoms with Crippen LogP contribution in [0.15, 0.2) is 103 Å². The summed E-state index contributed by atoms with van der Waals surface area (Å²) in [4.78, 5) is 32.6. The van der Waals surface area contributed by atoms with Gasteiger partial charge >= 0.3 is 0 Å². The Bertz CT molecular complexity index is 1590. The molecule has 0 radical (unpaired) electrons. The van der Waals surface area contributed by atoms with Gasteiger partial charge in [0.25, 0.3) is 11.7 Å². The Morgan fingerprint density at radius 1 is 0.927 bits per heavy atom. The van der Waals surface area contributed by atoms with Crippen molar-refractivity contribution in [2.24, 2.45) is 0 Å². The number of aliphatic hydroxyl groups excluding tert-OH is 1. The van der Waals surface area contributed by atoms with Gasteiger partial charge in [-0.1, -0.05) is 81.4 Å². The molecule has 41 heavy (non-hydrogen) atoms. The predicted octanol–water partition coefficient (Wildman–Crippen LogP) is 6.89. The molecule has 2 heterocycles. The highest BCUT2D eigenvalue weighted by Gasteiger charge is 2.46. The van der Waals surface area contributed by atoms with E-state index in [1.807, 2.05) is 67.6 Å². The van der Waals surface area contributed by atoms with E-state index in [2.05, 4.69) is 25.8 Å². The van der Waals surface area contributed by atoms with Crippen LogP contribution >= 0.6 is 0 Å². The van der Waals surface area contributed by atoms with Gasteiger partial charge in [-0.2, -0.15) is 0 Å². The van der Waals surface area contributed by atoms with Gasteiger partial charge < -0.3 is 14.7 Å². The number of hydrogen-bond donors (Lipinski definition) is 1. The Labute approximate surface area is 240 Å². The molecule has 1 atom stereocenters. The number of nitrogens with zero attached hydrogens (tertiary/aromatic N) is 2. The van der Waals surface area contributed by atoms with Crippen LogP contribution in [0.2, 0.25) is 0 Å². The van der Waals surface area contributed by atoms with Gasteiger partial charge in [0.1, 0.15) is 18.1 Å². The molecule has 0 unspecified atom stereocenters. The smallest absolute Gasteiger partial charge is 0.295 e. The van der Waals surface area contributed by atoms with Crippen molar-refractivity contribution in [2.45, 2.75) is 52.3 Å². The minimum Gasteiger partial charge on any atom is -0.507 e. The maximum absolute atomic E-state index is 13.5. The van der Waals surface area contributed by atoms with E-state index in [1.54, 1.807) is 36.7 Å². The fourth-order valence-corrected chi connectivity index (χ4v) is 5.09. The number of ketones is 1. The zero-order chi connectivity index (χ0) is 29.1. The average Bonchev–Trinajstić information content (AvgIpc) is 3.21. The van der Waals surface area contributed by atoms with E-state index in [1.165, 1.54) is 4.90 Å². The third-order valence-electron chi connectivity index (χ3n) is 7.39. The highest BCUT2D eigenvalue weighted by atomic mass is 16.5. The summed E-state index contributed by atoms with van der Waals surface area (Å²) in [5, 5.41) is 11.6. The molecule has 0 saturated carbocycles. The van der Waals surface area contributed by atoms with Gasteiger partial charge in [-0.05, 0) is 64.4 Å². The van der Waals surface area contributed by atoms with Crippen LogP contribution in [0.5, 0.6) is 5.75 Å². The number of rotatable bonds is 7. The summed E-state index contributed by atoms with van der Waals surface area (Å²) < 4.78 is 6.00. The number of aliphatic hydroxyl groups is 1. The monoisotopic (exact) mass is 546 g/mol. The third-order valence-corrected chi connectivity index (χ3v) is 7.39. The topological polar surface area (TPSA) is 79.7 Å². The van der Waals surface area contributed by atoms with Crippen LogP contribution in [0.25, 0.3) is 5.76 Å². The van der Waals surface area contributed by atoms with Crippen molar-refractivity contribution in [3.63, 3.8) is 0 Å². The van der Waals surface area contributed by atoms with E-state index < -0.39 is 17.7 Å². The normalized spacial score (nSPS) is 16.7. The van der Waals surface area contributed by atoms with Crippen molar-refractivity contribution >= 4 is 17.4 Å². The molecule has 1 aliphatic heterocycles. The van der Waals surface area contributed by atoms with Gasteiger partial charge in [0.15, 0.2) is 0 Å². The van der Waals surface area contributed by atoms with E-state index in [-0.39, 0.29) is 23.3 Å². The fraction of sp³-hybridized carbons (Fsp3) is 0.229.